The van der Waals surface area contributed by atoms with Gasteiger partial charge in [0.15, 0.2) is 11.0 Å². The number of hydrogen-bond donors (Lipinski definition) is 0. The molecule has 1 amide bonds. The molecule has 2 heterocycles. The average molecular weight is 299 g/mol. The Kier molecular flexibility index (Phi) is 4.65. The number of piperazine rings is 1. The molecule has 6 nitrogen and oxygen atoms in total. The maximum atomic E-state index is 11.6. The number of anilines is 1. The van der Waals surface area contributed by atoms with Crippen LogP contribution in [0.15, 0.2) is 0 Å². The number of nitrogens with zero attached hydrogens (tertiary/aromatic N) is 4. The topological polar surface area (TPSA) is 58.6 Å². The summed E-state index contributed by atoms with van der Waals surface area (Å²) in [6, 6.07) is 0. The second kappa shape index (κ2) is 6.26. The Hall–Kier alpha value is -1.56. The van der Waals surface area contributed by atoms with E-state index in [1.54, 1.807) is 4.90 Å². The van der Waals surface area contributed by atoms with Gasteiger partial charge in [0.05, 0.1) is 6.61 Å². The second-order valence-electron chi connectivity index (χ2n) is 4.74. The summed E-state index contributed by atoms with van der Waals surface area (Å²) >= 11 is 5.96. The molecule has 20 heavy (non-hydrogen) atoms. The van der Waals surface area contributed by atoms with E-state index in [-0.39, 0.29) is 6.09 Å². The first-order chi connectivity index (χ1) is 9.54. The van der Waals surface area contributed by atoms with Crippen molar-refractivity contribution in [2.45, 2.75) is 20.8 Å². The van der Waals surface area contributed by atoms with Crippen molar-refractivity contribution in [1.29, 1.82) is 0 Å². The molecule has 1 aliphatic heterocycles. The standard InChI is InChI=1S/C13H19ClN4O2/c1-4-20-13(19)18-7-5-17(6-8-18)12-10(3)9(2)11(14)15-16-12/h4-8H2,1-3H3. The molecule has 1 saturated heterocycles. The fourth-order valence-corrected chi connectivity index (χ4v) is 2.36. The molecule has 0 saturated carbocycles. The smallest absolute Gasteiger partial charge is 0.409 e. The zero-order valence-electron chi connectivity index (χ0n) is 12.0. The normalized spacial score (nSPS) is 15.4. The minimum Gasteiger partial charge on any atom is -0.450 e. The summed E-state index contributed by atoms with van der Waals surface area (Å²) in [5.74, 6) is 0.843. The molecule has 0 unspecified atom stereocenters. The third-order valence-electron chi connectivity index (χ3n) is 3.55. The number of hydrogen-bond acceptors (Lipinski definition) is 5. The molecular weight excluding hydrogens is 280 g/mol. The molecule has 0 aromatic carbocycles. The van der Waals surface area contributed by atoms with Gasteiger partial charge in [0.25, 0.3) is 0 Å². The lowest BCUT2D eigenvalue weighted by Gasteiger charge is -2.35. The van der Waals surface area contributed by atoms with Crippen LogP contribution in [0.4, 0.5) is 10.6 Å². The van der Waals surface area contributed by atoms with Crippen molar-refractivity contribution in [3.05, 3.63) is 16.3 Å². The van der Waals surface area contributed by atoms with E-state index in [1.165, 1.54) is 0 Å². The molecule has 0 bridgehead atoms. The van der Waals surface area contributed by atoms with Crippen LogP contribution >= 0.6 is 11.6 Å². The lowest BCUT2D eigenvalue weighted by atomic mass is 10.2. The molecule has 2 rings (SSSR count). The maximum absolute atomic E-state index is 11.6. The van der Waals surface area contributed by atoms with Crippen LogP contribution in [0.1, 0.15) is 18.1 Å². The summed E-state index contributed by atoms with van der Waals surface area (Å²) < 4.78 is 5.00. The van der Waals surface area contributed by atoms with Gasteiger partial charge >= 0.3 is 6.09 Å². The van der Waals surface area contributed by atoms with Crippen LogP contribution in [0.5, 0.6) is 0 Å². The van der Waals surface area contributed by atoms with Gasteiger partial charge in [-0.15, -0.1) is 10.2 Å². The zero-order chi connectivity index (χ0) is 14.7. The third-order valence-corrected chi connectivity index (χ3v) is 3.90. The summed E-state index contributed by atoms with van der Waals surface area (Å²) in [5.41, 5.74) is 1.99. The number of amides is 1. The van der Waals surface area contributed by atoms with E-state index in [0.717, 1.165) is 30.0 Å². The molecule has 1 fully saturated rings. The number of aromatic nitrogens is 2. The molecule has 0 radical (unpaired) electrons. The summed E-state index contributed by atoms with van der Waals surface area (Å²) in [7, 11) is 0. The van der Waals surface area contributed by atoms with Gasteiger partial charge in [-0.1, -0.05) is 11.6 Å². The van der Waals surface area contributed by atoms with Crippen molar-refractivity contribution in [3.63, 3.8) is 0 Å². The highest BCUT2D eigenvalue weighted by atomic mass is 35.5. The molecule has 110 valence electrons. The molecular formula is C13H19ClN4O2. The van der Waals surface area contributed by atoms with Gasteiger partial charge in [-0.2, -0.15) is 0 Å². The minimum atomic E-state index is -0.248. The highest BCUT2D eigenvalue weighted by molar-refractivity contribution is 6.30. The summed E-state index contributed by atoms with van der Waals surface area (Å²) in [5, 5.41) is 8.59. The predicted molar refractivity (Wildman–Crippen MR) is 77.3 cm³/mol. The molecule has 0 N–H and O–H groups in total. The SMILES string of the molecule is CCOC(=O)N1CCN(c2nnc(Cl)c(C)c2C)CC1. The third kappa shape index (κ3) is 2.95. The Bertz CT molecular complexity index is 501. The van der Waals surface area contributed by atoms with E-state index in [0.29, 0.717) is 24.8 Å². The van der Waals surface area contributed by atoms with E-state index in [1.807, 2.05) is 20.8 Å². The van der Waals surface area contributed by atoms with Gasteiger partial charge in [0, 0.05) is 26.2 Å². The number of ether oxygens (including phenoxy) is 1. The first-order valence-electron chi connectivity index (χ1n) is 6.70. The minimum absolute atomic E-state index is 0.248. The van der Waals surface area contributed by atoms with Crippen LogP contribution in [0.3, 0.4) is 0 Å². The van der Waals surface area contributed by atoms with Crippen molar-refractivity contribution in [3.8, 4) is 0 Å². The van der Waals surface area contributed by atoms with E-state index < -0.39 is 0 Å². The summed E-state index contributed by atoms with van der Waals surface area (Å²) in [4.78, 5) is 15.5. The number of halogens is 1. The van der Waals surface area contributed by atoms with Crippen LogP contribution in [-0.2, 0) is 4.74 Å². The van der Waals surface area contributed by atoms with Crippen molar-refractivity contribution < 1.29 is 9.53 Å². The van der Waals surface area contributed by atoms with E-state index in [4.69, 9.17) is 16.3 Å². The highest BCUT2D eigenvalue weighted by Crippen LogP contribution is 2.24. The van der Waals surface area contributed by atoms with Crippen LogP contribution in [0, 0.1) is 13.8 Å². The van der Waals surface area contributed by atoms with Crippen molar-refractivity contribution in [2.75, 3.05) is 37.7 Å². The summed E-state index contributed by atoms with van der Waals surface area (Å²) in [6.07, 6.45) is -0.248. The van der Waals surface area contributed by atoms with Gasteiger partial charge in [-0.3, -0.25) is 0 Å². The Morgan fingerprint density at radius 1 is 1.20 bits per heavy atom. The lowest BCUT2D eigenvalue weighted by Crippen LogP contribution is -2.49. The van der Waals surface area contributed by atoms with Crippen LogP contribution in [-0.4, -0.2) is 54.0 Å². The number of carbonyl (C=O) groups is 1. The van der Waals surface area contributed by atoms with Gasteiger partial charge in [-0.05, 0) is 31.9 Å². The van der Waals surface area contributed by atoms with E-state index in [9.17, 15) is 4.79 Å². The maximum Gasteiger partial charge on any atom is 0.409 e. The fourth-order valence-electron chi connectivity index (χ4n) is 2.18. The quantitative estimate of drug-likeness (QED) is 0.836. The molecule has 0 spiro atoms. The van der Waals surface area contributed by atoms with E-state index in [2.05, 4.69) is 15.1 Å². The Balaban J connectivity index is 2.04. The van der Waals surface area contributed by atoms with Crippen molar-refractivity contribution in [1.82, 2.24) is 15.1 Å². The molecule has 1 aromatic rings. The predicted octanol–water partition coefficient (Wildman–Crippen LogP) is 2.03. The highest BCUT2D eigenvalue weighted by Gasteiger charge is 2.24. The van der Waals surface area contributed by atoms with Gasteiger partial charge in [-0.25, -0.2) is 4.79 Å². The van der Waals surface area contributed by atoms with Crippen molar-refractivity contribution >= 4 is 23.5 Å². The lowest BCUT2D eigenvalue weighted by molar-refractivity contribution is 0.105. The monoisotopic (exact) mass is 298 g/mol. The molecule has 1 aromatic heterocycles. The second-order valence-corrected chi connectivity index (χ2v) is 5.10. The Morgan fingerprint density at radius 2 is 1.85 bits per heavy atom. The molecule has 0 atom stereocenters. The first-order valence-corrected chi connectivity index (χ1v) is 7.08. The number of carbonyl (C=O) groups excluding carboxylic acids is 1. The molecule has 0 aliphatic carbocycles. The van der Waals surface area contributed by atoms with Crippen LogP contribution in [0.25, 0.3) is 0 Å². The largest absolute Gasteiger partial charge is 0.450 e. The first kappa shape index (κ1) is 14.8. The van der Waals surface area contributed by atoms with Crippen LogP contribution in [0.2, 0.25) is 5.15 Å². The van der Waals surface area contributed by atoms with Gasteiger partial charge in [0.1, 0.15) is 0 Å². The van der Waals surface area contributed by atoms with Gasteiger partial charge < -0.3 is 14.5 Å². The fraction of sp³-hybridized carbons (Fsp3) is 0.615. The number of rotatable bonds is 2. The molecule has 1 aliphatic rings. The Labute approximate surface area is 123 Å². The van der Waals surface area contributed by atoms with Gasteiger partial charge in [0.2, 0.25) is 0 Å². The molecule has 7 heteroatoms. The summed E-state index contributed by atoms with van der Waals surface area (Å²) in [6.45, 7) is 8.82. The van der Waals surface area contributed by atoms with E-state index >= 15 is 0 Å². The van der Waals surface area contributed by atoms with Crippen molar-refractivity contribution in [2.24, 2.45) is 0 Å². The Morgan fingerprint density at radius 3 is 2.45 bits per heavy atom. The average Bonchev–Trinajstić information content (AvgIpc) is 2.45. The zero-order valence-corrected chi connectivity index (χ0v) is 12.8. The van der Waals surface area contributed by atoms with Crippen LogP contribution < -0.4 is 4.90 Å².